The lowest BCUT2D eigenvalue weighted by Gasteiger charge is -2.59. The molecule has 2 N–H and O–H groups in total. The van der Waals surface area contributed by atoms with Gasteiger partial charge in [-0.25, -0.2) is 10.9 Å². The number of rotatable bonds is 4. The maximum atomic E-state index is 12.6. The normalized spacial score (nSPS) is 35.5. The summed E-state index contributed by atoms with van der Waals surface area (Å²) < 4.78 is 0. The van der Waals surface area contributed by atoms with Crippen LogP contribution < -0.4 is 10.9 Å². The number of hydrazone groups is 2. The van der Waals surface area contributed by atoms with Gasteiger partial charge in [0.05, 0.1) is 0 Å². The van der Waals surface area contributed by atoms with Crippen LogP contribution in [0.25, 0.3) is 0 Å². The molecule has 4 fully saturated rings. The molecule has 0 saturated heterocycles. The van der Waals surface area contributed by atoms with Gasteiger partial charge in [0.1, 0.15) is 0 Å². The van der Waals surface area contributed by atoms with Crippen LogP contribution in [-0.4, -0.2) is 33.2 Å². The Bertz CT molecular complexity index is 1290. The van der Waals surface area contributed by atoms with E-state index < -0.39 is 0 Å². The van der Waals surface area contributed by atoms with E-state index >= 15 is 0 Å². The molecule has 2 amide bonds. The summed E-state index contributed by atoms with van der Waals surface area (Å²) in [5.41, 5.74) is 9.45. The molecule has 0 aromatic carbocycles. The van der Waals surface area contributed by atoms with Crippen LogP contribution in [0, 0.1) is 34.5 Å². The molecular weight excluding hydrogens is 488 g/mol. The molecule has 6 atom stereocenters. The fraction of sp³-hybridized carbons (Fsp3) is 0.548. The molecule has 3 unspecified atom stereocenters. The lowest BCUT2D eigenvalue weighted by molar-refractivity contribution is -0.0815. The van der Waals surface area contributed by atoms with Crippen LogP contribution >= 0.6 is 0 Å². The second kappa shape index (κ2) is 10.3. The smallest absolute Gasteiger partial charge is 0.267 e. The van der Waals surface area contributed by atoms with Crippen molar-refractivity contribution >= 4 is 23.2 Å². The lowest BCUT2D eigenvalue weighted by Crippen LogP contribution is -2.53. The van der Waals surface area contributed by atoms with Crippen molar-refractivity contribution in [3.05, 3.63) is 60.2 Å². The van der Waals surface area contributed by atoms with Gasteiger partial charge in [-0.15, -0.1) is 0 Å². The van der Waals surface area contributed by atoms with Gasteiger partial charge in [-0.3, -0.25) is 19.6 Å². The largest absolute Gasteiger partial charge is 0.271 e. The van der Waals surface area contributed by atoms with Gasteiger partial charge in [0.25, 0.3) is 11.8 Å². The van der Waals surface area contributed by atoms with Crippen molar-refractivity contribution in [2.75, 3.05) is 0 Å². The number of hydrogen-bond acceptors (Lipinski definition) is 6. The van der Waals surface area contributed by atoms with Crippen molar-refractivity contribution in [3.63, 3.8) is 0 Å². The molecule has 8 heteroatoms. The number of nitrogens with zero attached hydrogens (tertiary/aromatic N) is 4. The molecule has 204 valence electrons. The number of pyridine rings is 2. The highest BCUT2D eigenvalue weighted by Crippen LogP contribution is 2.65. The Morgan fingerprint density at radius 1 is 0.795 bits per heavy atom. The van der Waals surface area contributed by atoms with Crippen molar-refractivity contribution in [1.29, 1.82) is 0 Å². The number of carbonyl (C=O) groups is 2. The molecular formula is C31H38N6O2. The van der Waals surface area contributed by atoms with Crippen LogP contribution in [-0.2, 0) is 0 Å². The minimum atomic E-state index is -0.177. The van der Waals surface area contributed by atoms with Crippen LogP contribution in [0.1, 0.15) is 92.4 Å². The molecule has 0 spiro atoms. The first-order chi connectivity index (χ1) is 18.9. The van der Waals surface area contributed by atoms with Gasteiger partial charge >= 0.3 is 0 Å². The summed E-state index contributed by atoms with van der Waals surface area (Å²) in [6.07, 6.45) is 16.5. The predicted molar refractivity (Wildman–Crippen MR) is 150 cm³/mol. The maximum Gasteiger partial charge on any atom is 0.271 e. The lowest BCUT2D eigenvalue weighted by atomic mass is 9.45. The topological polar surface area (TPSA) is 109 Å². The Labute approximate surface area is 230 Å². The van der Waals surface area contributed by atoms with Gasteiger partial charge in [-0.2, -0.15) is 10.2 Å². The van der Waals surface area contributed by atoms with E-state index in [1.165, 1.54) is 25.0 Å². The Morgan fingerprint density at radius 3 is 2.10 bits per heavy atom. The number of amides is 2. The molecule has 2 aromatic rings. The van der Waals surface area contributed by atoms with Gasteiger partial charge in [0.15, 0.2) is 0 Å². The Hall–Kier alpha value is -3.42. The van der Waals surface area contributed by atoms with Gasteiger partial charge in [-0.05, 0) is 111 Å². The second-order valence-corrected chi connectivity index (χ2v) is 12.4. The van der Waals surface area contributed by atoms with Crippen LogP contribution in [0.5, 0.6) is 0 Å². The zero-order valence-electron chi connectivity index (χ0n) is 22.9. The summed E-state index contributed by atoms with van der Waals surface area (Å²) in [5, 5.41) is 9.26. The predicted octanol–water partition coefficient (Wildman–Crippen LogP) is 5.39. The van der Waals surface area contributed by atoms with E-state index in [4.69, 9.17) is 5.10 Å². The summed E-state index contributed by atoms with van der Waals surface area (Å²) >= 11 is 0. The monoisotopic (exact) mass is 526 g/mol. The van der Waals surface area contributed by atoms with Crippen LogP contribution in [0.15, 0.2) is 59.3 Å². The number of hydrogen-bond donors (Lipinski definition) is 2. The molecule has 2 heterocycles. The van der Waals surface area contributed by atoms with E-state index in [1.807, 2.05) is 0 Å². The van der Waals surface area contributed by atoms with Gasteiger partial charge in [-0.1, -0.05) is 13.8 Å². The minimum Gasteiger partial charge on any atom is -0.267 e. The summed E-state index contributed by atoms with van der Waals surface area (Å²) in [4.78, 5) is 33.0. The molecule has 4 aliphatic rings. The fourth-order valence-corrected chi connectivity index (χ4v) is 8.52. The SMILES string of the molecule is C[C@]12CCC3C(CC[C@H]4C/C(=N\NC(=O)c5ccncc5)CC[C@]34C)C1CC/C2=N/NC(=O)c1ccncc1. The number of fused-ring (bicyclic) bond motifs is 5. The van der Waals surface area contributed by atoms with Crippen molar-refractivity contribution < 1.29 is 9.59 Å². The fourth-order valence-electron chi connectivity index (χ4n) is 8.52. The van der Waals surface area contributed by atoms with E-state index in [0.29, 0.717) is 40.2 Å². The third-order valence-corrected chi connectivity index (χ3v) is 10.7. The third kappa shape index (κ3) is 4.68. The van der Waals surface area contributed by atoms with Crippen molar-refractivity contribution in [2.45, 2.75) is 71.6 Å². The number of carbonyl (C=O) groups excluding carboxylic acids is 2. The zero-order chi connectivity index (χ0) is 27.0. The van der Waals surface area contributed by atoms with Crippen molar-refractivity contribution in [1.82, 2.24) is 20.8 Å². The summed E-state index contributed by atoms with van der Waals surface area (Å²) in [5.74, 6) is 2.31. The molecule has 0 aliphatic heterocycles. The van der Waals surface area contributed by atoms with Gasteiger partial charge < -0.3 is 0 Å². The van der Waals surface area contributed by atoms with E-state index in [2.05, 4.69) is 39.8 Å². The summed E-state index contributed by atoms with van der Waals surface area (Å²) in [6.45, 7) is 4.92. The quantitative estimate of drug-likeness (QED) is 0.521. The Balaban J connectivity index is 1.12. The summed E-state index contributed by atoms with van der Waals surface area (Å²) in [7, 11) is 0. The Kier molecular flexibility index (Phi) is 6.81. The minimum absolute atomic E-state index is 0.0639. The van der Waals surface area contributed by atoms with E-state index in [1.54, 1.807) is 49.1 Å². The average molecular weight is 527 g/mol. The maximum absolute atomic E-state index is 12.6. The van der Waals surface area contributed by atoms with Crippen LogP contribution in [0.2, 0.25) is 0 Å². The van der Waals surface area contributed by atoms with Gasteiger partial charge in [0.2, 0.25) is 0 Å². The third-order valence-electron chi connectivity index (χ3n) is 10.7. The zero-order valence-corrected chi connectivity index (χ0v) is 22.9. The van der Waals surface area contributed by atoms with E-state index in [9.17, 15) is 9.59 Å². The van der Waals surface area contributed by atoms with Gasteiger partial charge in [0, 0.05) is 52.8 Å². The molecule has 4 aliphatic carbocycles. The molecule has 0 radical (unpaired) electrons. The first-order valence-electron chi connectivity index (χ1n) is 14.4. The molecule has 39 heavy (non-hydrogen) atoms. The van der Waals surface area contributed by atoms with E-state index in [-0.39, 0.29) is 17.2 Å². The molecule has 4 saturated carbocycles. The van der Waals surface area contributed by atoms with Crippen LogP contribution in [0.3, 0.4) is 0 Å². The number of aromatic nitrogens is 2. The standard InChI is InChI=1S/C31H38N6O2/c1-30-13-7-23(34-36-28(38)20-9-15-32-16-10-20)19-22(30)3-4-24-25-5-6-27(31(25,2)14-8-26(24)30)35-37-29(39)21-11-17-33-18-12-21/h9-12,15-18,22,24-26H,3-8,13-14,19H2,1-2H3,(H,36,38)(H,37,39)/b34-23-,35-27-/t22-,24?,25?,26?,30-,31-/m0/s1. The highest BCUT2D eigenvalue weighted by molar-refractivity contribution is 5.97. The first-order valence-corrected chi connectivity index (χ1v) is 14.4. The van der Waals surface area contributed by atoms with E-state index in [0.717, 1.165) is 44.2 Å². The molecule has 8 nitrogen and oxygen atoms in total. The Morgan fingerprint density at radius 2 is 1.44 bits per heavy atom. The molecule has 0 bridgehead atoms. The second-order valence-electron chi connectivity index (χ2n) is 12.4. The molecule has 2 aromatic heterocycles. The average Bonchev–Trinajstić information content (AvgIpc) is 3.31. The highest BCUT2D eigenvalue weighted by Gasteiger charge is 2.59. The molecule has 6 rings (SSSR count). The van der Waals surface area contributed by atoms with Crippen molar-refractivity contribution in [2.24, 2.45) is 44.7 Å². The summed E-state index contributed by atoms with van der Waals surface area (Å²) in [6, 6.07) is 6.85. The first kappa shape index (κ1) is 25.8. The van der Waals surface area contributed by atoms with Crippen molar-refractivity contribution in [3.8, 4) is 0 Å². The number of nitrogens with one attached hydrogen (secondary N) is 2. The van der Waals surface area contributed by atoms with Crippen LogP contribution in [0.4, 0.5) is 0 Å². The highest BCUT2D eigenvalue weighted by atomic mass is 16.2.